The average molecular weight is 431 g/mol. The van der Waals surface area contributed by atoms with E-state index >= 15 is 0 Å². The minimum Gasteiger partial charge on any atom is -0.442 e. The van der Waals surface area contributed by atoms with Crippen molar-refractivity contribution >= 4 is 17.7 Å². The van der Waals surface area contributed by atoms with Gasteiger partial charge in [0, 0.05) is 19.0 Å². The Balaban J connectivity index is 1.61. The maximum Gasteiger partial charge on any atom is 0.414 e. The van der Waals surface area contributed by atoms with E-state index in [2.05, 4.69) is 10.6 Å². The zero-order valence-corrected chi connectivity index (χ0v) is 17.5. The number of amides is 2. The lowest BCUT2D eigenvalue weighted by Gasteiger charge is -2.15. The molecular formula is C23H27F2N3O3. The highest BCUT2D eigenvalue weighted by atomic mass is 19.1. The van der Waals surface area contributed by atoms with E-state index in [-0.39, 0.29) is 25.7 Å². The van der Waals surface area contributed by atoms with E-state index in [0.717, 1.165) is 24.1 Å². The predicted molar refractivity (Wildman–Crippen MR) is 115 cm³/mol. The lowest BCUT2D eigenvalue weighted by atomic mass is 10.0. The predicted octanol–water partition coefficient (Wildman–Crippen LogP) is 3.79. The van der Waals surface area contributed by atoms with Crippen LogP contribution in [0.25, 0.3) is 11.1 Å². The van der Waals surface area contributed by atoms with Crippen molar-refractivity contribution < 1.29 is 23.1 Å². The number of anilines is 1. The van der Waals surface area contributed by atoms with Gasteiger partial charge in [0.1, 0.15) is 11.9 Å². The SMILES string of the molecule is CC(=O)NCC1CN(c2ccc(-c3ccc(CNCCCCF)cc3)c(F)c2)C(=O)O1. The zero-order chi connectivity index (χ0) is 22.2. The minimum atomic E-state index is -0.564. The van der Waals surface area contributed by atoms with Gasteiger partial charge < -0.3 is 15.4 Å². The van der Waals surface area contributed by atoms with E-state index in [1.165, 1.54) is 17.9 Å². The summed E-state index contributed by atoms with van der Waals surface area (Å²) in [6.45, 7) is 2.98. The number of cyclic esters (lactones) is 1. The topological polar surface area (TPSA) is 70.7 Å². The molecule has 2 amide bonds. The minimum absolute atomic E-state index is 0.205. The molecule has 0 spiro atoms. The second kappa shape index (κ2) is 10.9. The van der Waals surface area contributed by atoms with Gasteiger partial charge in [0.25, 0.3) is 0 Å². The van der Waals surface area contributed by atoms with E-state index in [0.29, 0.717) is 24.2 Å². The van der Waals surface area contributed by atoms with Crippen LogP contribution in [0.15, 0.2) is 42.5 Å². The van der Waals surface area contributed by atoms with E-state index in [9.17, 15) is 18.4 Å². The van der Waals surface area contributed by atoms with Crippen LogP contribution in [0, 0.1) is 5.82 Å². The maximum atomic E-state index is 14.8. The lowest BCUT2D eigenvalue weighted by molar-refractivity contribution is -0.119. The summed E-state index contributed by atoms with van der Waals surface area (Å²) in [5, 5.41) is 5.87. The van der Waals surface area contributed by atoms with Gasteiger partial charge in [-0.05, 0) is 48.7 Å². The van der Waals surface area contributed by atoms with Crippen molar-refractivity contribution in [2.24, 2.45) is 0 Å². The third-order valence-corrected chi connectivity index (χ3v) is 5.05. The molecule has 0 aliphatic carbocycles. The van der Waals surface area contributed by atoms with E-state index in [1.54, 1.807) is 12.1 Å². The van der Waals surface area contributed by atoms with Crippen molar-refractivity contribution in [1.82, 2.24) is 10.6 Å². The van der Waals surface area contributed by atoms with E-state index in [4.69, 9.17) is 4.74 Å². The number of nitrogens with one attached hydrogen (secondary N) is 2. The van der Waals surface area contributed by atoms with Crippen molar-refractivity contribution in [2.75, 3.05) is 31.2 Å². The number of ether oxygens (including phenoxy) is 1. The Morgan fingerprint density at radius 2 is 1.97 bits per heavy atom. The number of benzene rings is 2. The average Bonchev–Trinajstić information content (AvgIpc) is 3.13. The van der Waals surface area contributed by atoms with Crippen molar-refractivity contribution in [3.05, 3.63) is 53.8 Å². The van der Waals surface area contributed by atoms with Gasteiger partial charge in [-0.15, -0.1) is 0 Å². The van der Waals surface area contributed by atoms with Crippen LogP contribution in [-0.2, 0) is 16.1 Å². The molecule has 1 aliphatic rings. The summed E-state index contributed by atoms with van der Waals surface area (Å²) in [7, 11) is 0. The van der Waals surface area contributed by atoms with Gasteiger partial charge in [-0.25, -0.2) is 9.18 Å². The van der Waals surface area contributed by atoms with Crippen molar-refractivity contribution in [3.63, 3.8) is 0 Å². The van der Waals surface area contributed by atoms with Crippen LogP contribution in [-0.4, -0.2) is 44.4 Å². The molecule has 0 radical (unpaired) electrons. The number of rotatable bonds is 10. The number of unbranched alkanes of at least 4 members (excludes halogenated alkanes) is 1. The standard InChI is InChI=1S/C23H27F2N3O3/c1-16(29)27-14-20-15-28(23(30)31-20)19-8-9-21(22(25)12-19)18-6-4-17(5-7-18)13-26-11-3-2-10-24/h4-9,12,20,26H,2-3,10-11,13-15H2,1H3,(H,27,29). The molecule has 1 saturated heterocycles. The molecule has 2 aromatic carbocycles. The van der Waals surface area contributed by atoms with Crippen LogP contribution in [0.1, 0.15) is 25.3 Å². The van der Waals surface area contributed by atoms with Gasteiger partial charge in [-0.3, -0.25) is 14.1 Å². The Kier molecular flexibility index (Phi) is 7.94. The number of alkyl halides is 1. The molecule has 0 aromatic heterocycles. The number of nitrogens with zero attached hydrogens (tertiary/aromatic N) is 1. The molecule has 1 aliphatic heterocycles. The highest BCUT2D eigenvalue weighted by Gasteiger charge is 2.32. The molecule has 0 saturated carbocycles. The quantitative estimate of drug-likeness (QED) is 0.562. The van der Waals surface area contributed by atoms with E-state index < -0.39 is 18.0 Å². The van der Waals surface area contributed by atoms with Crippen LogP contribution in [0.5, 0.6) is 0 Å². The Hall–Kier alpha value is -3.00. The first-order chi connectivity index (χ1) is 15.0. The van der Waals surface area contributed by atoms with Gasteiger partial charge in [0.05, 0.1) is 25.5 Å². The summed E-state index contributed by atoms with van der Waals surface area (Å²) < 4.78 is 32.1. The first-order valence-electron chi connectivity index (χ1n) is 10.4. The molecule has 6 nitrogen and oxygen atoms in total. The van der Waals surface area contributed by atoms with Gasteiger partial charge in [0.2, 0.25) is 5.91 Å². The summed E-state index contributed by atoms with van der Waals surface area (Å²) in [5.41, 5.74) is 2.64. The van der Waals surface area contributed by atoms with Gasteiger partial charge in [0.15, 0.2) is 0 Å². The molecule has 1 fully saturated rings. The molecule has 0 bridgehead atoms. The Morgan fingerprint density at radius 1 is 1.19 bits per heavy atom. The van der Waals surface area contributed by atoms with Crippen LogP contribution in [0.3, 0.4) is 0 Å². The summed E-state index contributed by atoms with van der Waals surface area (Å²) in [5.74, 6) is -0.642. The summed E-state index contributed by atoms with van der Waals surface area (Å²) >= 11 is 0. The molecular weight excluding hydrogens is 404 g/mol. The fourth-order valence-electron chi connectivity index (χ4n) is 3.38. The molecule has 3 rings (SSSR count). The molecule has 1 heterocycles. The number of carbonyl (C=O) groups excluding carboxylic acids is 2. The van der Waals surface area contributed by atoms with Gasteiger partial charge >= 0.3 is 6.09 Å². The van der Waals surface area contributed by atoms with Gasteiger partial charge in [-0.1, -0.05) is 24.3 Å². The summed E-state index contributed by atoms with van der Waals surface area (Å²) in [6.07, 6.45) is 0.319. The maximum absolute atomic E-state index is 14.8. The molecule has 166 valence electrons. The Morgan fingerprint density at radius 3 is 2.65 bits per heavy atom. The van der Waals surface area contributed by atoms with Crippen LogP contribution in [0.4, 0.5) is 19.3 Å². The number of hydrogen-bond donors (Lipinski definition) is 2. The highest BCUT2D eigenvalue weighted by Crippen LogP contribution is 2.29. The molecule has 1 unspecified atom stereocenters. The Labute approximate surface area is 180 Å². The van der Waals surface area contributed by atoms with Crippen LogP contribution >= 0.6 is 0 Å². The van der Waals surface area contributed by atoms with Crippen LogP contribution < -0.4 is 15.5 Å². The smallest absolute Gasteiger partial charge is 0.414 e. The van der Waals surface area contributed by atoms with E-state index in [1.807, 2.05) is 24.3 Å². The lowest BCUT2D eigenvalue weighted by Crippen LogP contribution is -2.33. The first kappa shape index (κ1) is 22.7. The fraction of sp³-hybridized carbons (Fsp3) is 0.391. The second-order valence-corrected chi connectivity index (χ2v) is 7.49. The third-order valence-electron chi connectivity index (χ3n) is 5.05. The highest BCUT2D eigenvalue weighted by molar-refractivity contribution is 5.90. The molecule has 1 atom stereocenters. The van der Waals surface area contributed by atoms with Crippen molar-refractivity contribution in [3.8, 4) is 11.1 Å². The summed E-state index contributed by atoms with van der Waals surface area (Å²) in [4.78, 5) is 24.5. The molecule has 8 heteroatoms. The van der Waals surface area contributed by atoms with Crippen molar-refractivity contribution in [1.29, 1.82) is 0 Å². The first-order valence-corrected chi connectivity index (χ1v) is 10.4. The largest absolute Gasteiger partial charge is 0.442 e. The van der Waals surface area contributed by atoms with Crippen LogP contribution in [0.2, 0.25) is 0 Å². The Bertz CT molecular complexity index is 905. The summed E-state index contributed by atoms with van der Waals surface area (Å²) in [6, 6.07) is 12.2. The zero-order valence-electron chi connectivity index (χ0n) is 17.5. The van der Waals surface area contributed by atoms with Gasteiger partial charge in [-0.2, -0.15) is 0 Å². The second-order valence-electron chi connectivity index (χ2n) is 7.49. The molecule has 2 N–H and O–H groups in total. The monoisotopic (exact) mass is 431 g/mol. The van der Waals surface area contributed by atoms with Crippen molar-refractivity contribution in [2.45, 2.75) is 32.4 Å². The fourth-order valence-corrected chi connectivity index (χ4v) is 3.38. The number of hydrogen-bond acceptors (Lipinski definition) is 4. The number of halogens is 2. The number of carbonyl (C=O) groups is 2. The third kappa shape index (κ3) is 6.24. The normalized spacial score (nSPS) is 15.8. The molecule has 2 aromatic rings. The molecule has 31 heavy (non-hydrogen) atoms.